The fourth-order valence-electron chi connectivity index (χ4n) is 1.55. The summed E-state index contributed by atoms with van der Waals surface area (Å²) in [6, 6.07) is 0. The first-order chi connectivity index (χ1) is 8.41. The summed E-state index contributed by atoms with van der Waals surface area (Å²) in [5.74, 6) is 3.03. The van der Waals surface area contributed by atoms with Gasteiger partial charge in [-0.15, -0.1) is 0 Å². The highest BCUT2D eigenvalue weighted by Crippen LogP contribution is 2.08. The summed E-state index contributed by atoms with van der Waals surface area (Å²) in [6.45, 7) is 8.44. The van der Waals surface area contributed by atoms with Gasteiger partial charge in [-0.05, 0) is 0 Å². The molecule has 2 aromatic rings. The smallest absolute Gasteiger partial charge is 0.153 e. The van der Waals surface area contributed by atoms with E-state index in [1.165, 1.54) is 0 Å². The van der Waals surface area contributed by atoms with Crippen molar-refractivity contribution in [2.45, 2.75) is 47.0 Å². The molecule has 0 bridgehead atoms. The minimum atomic E-state index is 0. The molecule has 0 unspecified atom stereocenters. The second kappa shape index (κ2) is 7.71. The van der Waals surface area contributed by atoms with Crippen molar-refractivity contribution >= 4 is 0 Å². The van der Waals surface area contributed by atoms with E-state index in [-0.39, 0.29) is 7.43 Å². The van der Waals surface area contributed by atoms with Gasteiger partial charge < -0.3 is 4.57 Å². The largest absolute Gasteiger partial charge is 0.338 e. The first-order valence-corrected chi connectivity index (χ1v) is 6.24. The Morgan fingerprint density at radius 1 is 1.00 bits per heavy atom. The zero-order valence-electron chi connectivity index (χ0n) is 12.1. The van der Waals surface area contributed by atoms with Crippen LogP contribution >= 0.6 is 0 Å². The number of rotatable bonds is 2. The average Bonchev–Trinajstić information content (AvgIpc) is 2.87. The van der Waals surface area contributed by atoms with Crippen molar-refractivity contribution < 1.29 is 0 Å². The van der Waals surface area contributed by atoms with E-state index in [2.05, 4.69) is 42.8 Å². The molecule has 0 aliphatic carbocycles. The lowest BCUT2D eigenvalue weighted by atomic mass is 10.2. The van der Waals surface area contributed by atoms with Crippen LogP contribution in [-0.4, -0.2) is 24.3 Å². The van der Waals surface area contributed by atoms with E-state index in [4.69, 9.17) is 0 Å². The molecule has 0 radical (unpaired) electrons. The summed E-state index contributed by atoms with van der Waals surface area (Å²) in [5.41, 5.74) is 0. The first-order valence-electron chi connectivity index (χ1n) is 6.24. The summed E-state index contributed by atoms with van der Waals surface area (Å²) in [4.78, 5) is 8.25. The van der Waals surface area contributed by atoms with E-state index < -0.39 is 0 Å². The third kappa shape index (κ3) is 5.24. The van der Waals surface area contributed by atoms with Crippen molar-refractivity contribution in [1.82, 2.24) is 24.3 Å². The molecule has 0 saturated heterocycles. The Kier molecular flexibility index (Phi) is 7.04. The highest BCUT2D eigenvalue weighted by molar-refractivity contribution is 4.95. The van der Waals surface area contributed by atoms with Crippen LogP contribution in [0.25, 0.3) is 0 Å². The summed E-state index contributed by atoms with van der Waals surface area (Å²) >= 11 is 0. The van der Waals surface area contributed by atoms with E-state index in [1.807, 2.05) is 31.1 Å². The van der Waals surface area contributed by atoms with Crippen molar-refractivity contribution in [1.29, 1.82) is 0 Å². The Morgan fingerprint density at radius 3 is 1.84 bits per heavy atom. The van der Waals surface area contributed by atoms with Gasteiger partial charge in [0.1, 0.15) is 12.2 Å². The Bertz CT molecular complexity index is 468. The Labute approximate surface area is 116 Å². The summed E-state index contributed by atoms with van der Waals surface area (Å²) < 4.78 is 3.76. The quantitative estimate of drug-likeness (QED) is 0.838. The summed E-state index contributed by atoms with van der Waals surface area (Å²) in [5, 5.41) is 4.12. The lowest BCUT2D eigenvalue weighted by Gasteiger charge is -2.02. The second-order valence-corrected chi connectivity index (χ2v) is 4.98. The van der Waals surface area contributed by atoms with Gasteiger partial charge in [-0.1, -0.05) is 35.1 Å². The molecule has 108 valence electrons. The highest BCUT2D eigenvalue weighted by Gasteiger charge is 2.02. The molecule has 0 fully saturated rings. The van der Waals surface area contributed by atoms with Gasteiger partial charge in [0.05, 0.1) is 0 Å². The van der Waals surface area contributed by atoms with Crippen LogP contribution in [-0.2, 0) is 14.1 Å². The molecule has 2 aromatic heterocycles. The molecule has 0 amide bonds. The summed E-state index contributed by atoms with van der Waals surface area (Å²) in [7, 11) is 3.89. The molecule has 0 atom stereocenters. The van der Waals surface area contributed by atoms with Crippen LogP contribution in [0.15, 0.2) is 18.7 Å². The topological polar surface area (TPSA) is 48.5 Å². The van der Waals surface area contributed by atoms with E-state index in [1.54, 1.807) is 11.0 Å². The maximum atomic E-state index is 4.18. The molecule has 19 heavy (non-hydrogen) atoms. The molecule has 0 aliphatic heterocycles. The van der Waals surface area contributed by atoms with Gasteiger partial charge >= 0.3 is 0 Å². The SMILES string of the molecule is C.CC(C)c1nccn1C.CC(C)c1ncn(C)n1. The maximum Gasteiger partial charge on any atom is 0.153 e. The molecular formula is C14H27N5. The predicted octanol–water partition coefficient (Wildman–Crippen LogP) is 3.12. The van der Waals surface area contributed by atoms with Crippen LogP contribution < -0.4 is 0 Å². The molecule has 0 saturated carbocycles. The van der Waals surface area contributed by atoms with Crippen LogP contribution in [0.5, 0.6) is 0 Å². The van der Waals surface area contributed by atoms with Crippen molar-refractivity contribution in [3.63, 3.8) is 0 Å². The number of nitrogens with zero attached hydrogens (tertiary/aromatic N) is 5. The highest BCUT2D eigenvalue weighted by atomic mass is 15.3. The number of hydrogen-bond donors (Lipinski definition) is 0. The zero-order chi connectivity index (χ0) is 13.7. The lowest BCUT2D eigenvalue weighted by molar-refractivity contribution is 0.709. The van der Waals surface area contributed by atoms with Gasteiger partial charge in [-0.2, -0.15) is 5.10 Å². The molecule has 0 spiro atoms. The van der Waals surface area contributed by atoms with Crippen LogP contribution in [0.4, 0.5) is 0 Å². The third-order valence-electron chi connectivity index (χ3n) is 2.51. The molecular weight excluding hydrogens is 238 g/mol. The minimum Gasteiger partial charge on any atom is -0.338 e. The second-order valence-electron chi connectivity index (χ2n) is 4.98. The lowest BCUT2D eigenvalue weighted by Crippen LogP contribution is -1.98. The number of aromatic nitrogens is 5. The maximum absolute atomic E-state index is 4.18. The van der Waals surface area contributed by atoms with E-state index >= 15 is 0 Å². The van der Waals surface area contributed by atoms with Gasteiger partial charge in [-0.25, -0.2) is 9.97 Å². The van der Waals surface area contributed by atoms with Crippen molar-refractivity contribution in [2.75, 3.05) is 0 Å². The molecule has 0 aromatic carbocycles. The number of hydrogen-bond acceptors (Lipinski definition) is 3. The van der Waals surface area contributed by atoms with Gasteiger partial charge in [0.2, 0.25) is 0 Å². The fraction of sp³-hybridized carbons (Fsp3) is 0.643. The molecule has 0 N–H and O–H groups in total. The van der Waals surface area contributed by atoms with E-state index in [0.717, 1.165) is 11.6 Å². The molecule has 5 heteroatoms. The van der Waals surface area contributed by atoms with Gasteiger partial charge in [-0.3, -0.25) is 4.68 Å². The van der Waals surface area contributed by atoms with Crippen LogP contribution in [0, 0.1) is 0 Å². The number of imidazole rings is 1. The van der Waals surface area contributed by atoms with Crippen molar-refractivity contribution in [2.24, 2.45) is 14.1 Å². The molecule has 2 rings (SSSR count). The molecule has 5 nitrogen and oxygen atoms in total. The van der Waals surface area contributed by atoms with Gasteiger partial charge in [0.15, 0.2) is 5.82 Å². The third-order valence-corrected chi connectivity index (χ3v) is 2.51. The van der Waals surface area contributed by atoms with E-state index in [9.17, 15) is 0 Å². The average molecular weight is 265 g/mol. The molecule has 2 heterocycles. The van der Waals surface area contributed by atoms with Gasteiger partial charge in [0.25, 0.3) is 0 Å². The zero-order valence-corrected chi connectivity index (χ0v) is 12.1. The van der Waals surface area contributed by atoms with Crippen molar-refractivity contribution in [3.8, 4) is 0 Å². The Hall–Kier alpha value is -1.65. The fourth-order valence-corrected chi connectivity index (χ4v) is 1.55. The van der Waals surface area contributed by atoms with Gasteiger partial charge in [0, 0.05) is 38.3 Å². The summed E-state index contributed by atoms with van der Waals surface area (Å²) in [6.07, 6.45) is 5.51. The van der Waals surface area contributed by atoms with E-state index in [0.29, 0.717) is 11.8 Å². The first kappa shape index (κ1) is 17.4. The predicted molar refractivity (Wildman–Crippen MR) is 79.1 cm³/mol. The van der Waals surface area contributed by atoms with Crippen LogP contribution in [0.1, 0.15) is 58.6 Å². The van der Waals surface area contributed by atoms with Crippen LogP contribution in [0.2, 0.25) is 0 Å². The Balaban J connectivity index is 0.000000324. The van der Waals surface area contributed by atoms with Crippen molar-refractivity contribution in [3.05, 3.63) is 30.4 Å². The standard InChI is InChI=1S/C7H12N2.C6H11N3.CH4/c1-6(2)7-8-4-5-9(7)3;1-5(2)6-7-4-9(3)8-6;/h4-6H,1-3H3;4-5H,1-3H3;1H4. The van der Waals surface area contributed by atoms with Crippen LogP contribution in [0.3, 0.4) is 0 Å². The molecule has 0 aliphatic rings. The normalized spacial score (nSPS) is 10.1. The minimum absolute atomic E-state index is 0. The Morgan fingerprint density at radius 2 is 1.63 bits per heavy atom. The monoisotopic (exact) mass is 265 g/mol. The number of aryl methyl sites for hydroxylation is 2.